The van der Waals surface area contributed by atoms with E-state index < -0.39 is 24.7 Å². The molecule has 1 saturated heterocycles. The van der Waals surface area contributed by atoms with E-state index in [1.807, 2.05) is 19.3 Å². The maximum atomic E-state index is 13.3. The first kappa shape index (κ1) is 19.9. The smallest absolute Gasteiger partial charge is 0.377 e. The Hall–Kier alpha value is -3.05. The summed E-state index contributed by atoms with van der Waals surface area (Å²) in [5.74, 6) is -0.659. The highest BCUT2D eigenvalue weighted by Crippen LogP contribution is 2.32. The summed E-state index contributed by atoms with van der Waals surface area (Å²) >= 11 is 1.08. The van der Waals surface area contributed by atoms with Crippen molar-refractivity contribution in [1.29, 1.82) is 0 Å². The van der Waals surface area contributed by atoms with Crippen molar-refractivity contribution in [3.8, 4) is 11.3 Å². The zero-order valence-electron chi connectivity index (χ0n) is 16.3. The van der Waals surface area contributed by atoms with E-state index >= 15 is 0 Å². The first-order valence-electron chi connectivity index (χ1n) is 9.45. The van der Waals surface area contributed by atoms with Gasteiger partial charge in [-0.05, 0) is 24.3 Å². The number of fused-ring (bicyclic) bond motifs is 2. The Kier molecular flexibility index (Phi) is 4.67. The van der Waals surface area contributed by atoms with Crippen LogP contribution < -0.4 is 0 Å². The Balaban J connectivity index is 1.48. The number of carbonyl (C=O) groups is 1. The molecule has 0 radical (unpaired) electrons. The first-order chi connectivity index (χ1) is 14.8. The second kappa shape index (κ2) is 7.27. The molecule has 1 aliphatic rings. The van der Waals surface area contributed by atoms with Crippen LogP contribution in [0.5, 0.6) is 0 Å². The molecular formula is C20H16F3N5O2S. The maximum absolute atomic E-state index is 13.3. The quantitative estimate of drug-likeness (QED) is 0.469. The predicted molar refractivity (Wildman–Crippen MR) is 109 cm³/mol. The summed E-state index contributed by atoms with van der Waals surface area (Å²) in [6.07, 6.45) is -1.02. The van der Waals surface area contributed by atoms with Gasteiger partial charge in [-0.2, -0.15) is 18.3 Å². The van der Waals surface area contributed by atoms with E-state index in [1.165, 1.54) is 0 Å². The Bertz CT molecular complexity index is 1300. The number of morpholine rings is 1. The zero-order valence-corrected chi connectivity index (χ0v) is 17.1. The topological polar surface area (TPSA) is 73.1 Å². The van der Waals surface area contributed by atoms with Crippen LogP contribution in [-0.2, 0) is 11.8 Å². The number of alkyl halides is 3. The van der Waals surface area contributed by atoms with Gasteiger partial charge in [0.25, 0.3) is 5.91 Å². The van der Waals surface area contributed by atoms with E-state index in [4.69, 9.17) is 4.74 Å². The number of amides is 1. The number of hydrogen-bond acceptors (Lipinski definition) is 6. The summed E-state index contributed by atoms with van der Waals surface area (Å²) < 4.78 is 46.6. The summed E-state index contributed by atoms with van der Waals surface area (Å²) in [6.45, 7) is -0.575. The molecule has 5 heterocycles. The fourth-order valence-electron chi connectivity index (χ4n) is 3.62. The van der Waals surface area contributed by atoms with E-state index in [2.05, 4.69) is 15.1 Å². The molecule has 4 aromatic heterocycles. The van der Waals surface area contributed by atoms with Gasteiger partial charge < -0.3 is 9.64 Å². The van der Waals surface area contributed by atoms with Crippen molar-refractivity contribution in [3.63, 3.8) is 0 Å². The molecule has 160 valence electrons. The summed E-state index contributed by atoms with van der Waals surface area (Å²) in [5, 5.41) is 5.81. The zero-order chi connectivity index (χ0) is 21.8. The van der Waals surface area contributed by atoms with Crippen molar-refractivity contribution >= 4 is 38.5 Å². The molecule has 31 heavy (non-hydrogen) atoms. The summed E-state index contributed by atoms with van der Waals surface area (Å²) in [4.78, 5) is 23.4. The minimum atomic E-state index is -4.55. The Labute approximate surface area is 178 Å². The van der Waals surface area contributed by atoms with Gasteiger partial charge in [-0.3, -0.25) is 9.48 Å². The van der Waals surface area contributed by atoms with E-state index in [0.717, 1.165) is 27.2 Å². The lowest BCUT2D eigenvalue weighted by Crippen LogP contribution is -2.55. The highest BCUT2D eigenvalue weighted by molar-refractivity contribution is 7.20. The number of rotatable bonds is 2. The number of aryl methyl sites for hydroxylation is 1. The SMILES string of the molecule is Cn1cc2cc(-c3ccc4cc(C(=O)N5CCOC[C@@H]5C(F)(F)F)sc4n3)cnc2n1. The summed E-state index contributed by atoms with van der Waals surface area (Å²) in [6, 6.07) is 5.17. The maximum Gasteiger partial charge on any atom is 0.411 e. The summed E-state index contributed by atoms with van der Waals surface area (Å²) in [7, 11) is 1.81. The summed E-state index contributed by atoms with van der Waals surface area (Å²) in [5.41, 5.74) is 2.07. The number of carbonyl (C=O) groups excluding carboxylic acids is 1. The van der Waals surface area contributed by atoms with Crippen molar-refractivity contribution < 1.29 is 22.7 Å². The average Bonchev–Trinajstić information content (AvgIpc) is 3.33. The van der Waals surface area contributed by atoms with Crippen LogP contribution >= 0.6 is 11.3 Å². The molecule has 0 bridgehead atoms. The van der Waals surface area contributed by atoms with Crippen LogP contribution in [0.1, 0.15) is 9.67 Å². The van der Waals surface area contributed by atoms with E-state index in [-0.39, 0.29) is 18.0 Å². The van der Waals surface area contributed by atoms with E-state index in [9.17, 15) is 18.0 Å². The van der Waals surface area contributed by atoms with Gasteiger partial charge in [-0.1, -0.05) is 0 Å². The molecule has 1 fully saturated rings. The third-order valence-corrected chi connectivity index (χ3v) is 6.16. The van der Waals surface area contributed by atoms with Crippen LogP contribution in [0.25, 0.3) is 32.5 Å². The second-order valence-electron chi connectivity index (χ2n) is 7.27. The van der Waals surface area contributed by atoms with Crippen LogP contribution in [0.15, 0.2) is 36.7 Å². The van der Waals surface area contributed by atoms with Crippen molar-refractivity contribution in [2.45, 2.75) is 12.2 Å². The van der Waals surface area contributed by atoms with E-state index in [1.54, 1.807) is 29.1 Å². The Morgan fingerprint density at radius 1 is 1.26 bits per heavy atom. The number of thiophene rings is 1. The van der Waals surface area contributed by atoms with Crippen LogP contribution in [0.2, 0.25) is 0 Å². The van der Waals surface area contributed by atoms with Crippen LogP contribution in [-0.4, -0.2) is 62.5 Å². The van der Waals surface area contributed by atoms with Gasteiger partial charge in [0.1, 0.15) is 4.83 Å². The van der Waals surface area contributed by atoms with Crippen LogP contribution in [0, 0.1) is 0 Å². The van der Waals surface area contributed by atoms with Gasteiger partial charge in [0, 0.05) is 42.3 Å². The fourth-order valence-corrected chi connectivity index (χ4v) is 4.60. The molecule has 0 saturated carbocycles. The average molecular weight is 447 g/mol. The van der Waals surface area contributed by atoms with Gasteiger partial charge in [-0.15, -0.1) is 11.3 Å². The highest BCUT2D eigenvalue weighted by Gasteiger charge is 2.47. The molecule has 0 spiro atoms. The fraction of sp³-hybridized carbons (Fsp3) is 0.300. The lowest BCUT2D eigenvalue weighted by molar-refractivity contribution is -0.202. The predicted octanol–water partition coefficient (Wildman–Crippen LogP) is 3.65. The molecule has 0 unspecified atom stereocenters. The normalized spacial score (nSPS) is 17.5. The number of ether oxygens (including phenoxy) is 1. The standard InChI is InChI=1S/C20H16F3N5O2S/c1-27-9-13-6-12(8-24-17(13)26-27)14-3-2-11-7-15(31-18(11)25-14)19(29)28-4-5-30-10-16(28)20(21,22)23/h2-3,6-9,16H,4-5,10H2,1H3/t16-/m1/s1. The molecule has 7 nitrogen and oxygen atoms in total. The number of nitrogens with zero attached hydrogens (tertiary/aromatic N) is 5. The third kappa shape index (κ3) is 3.63. The van der Waals surface area contributed by atoms with E-state index in [0.29, 0.717) is 21.6 Å². The third-order valence-electron chi connectivity index (χ3n) is 5.13. The van der Waals surface area contributed by atoms with Crippen molar-refractivity contribution in [1.82, 2.24) is 24.6 Å². The van der Waals surface area contributed by atoms with Gasteiger partial charge in [0.2, 0.25) is 0 Å². The van der Waals surface area contributed by atoms with Crippen molar-refractivity contribution in [3.05, 3.63) is 41.5 Å². The highest BCUT2D eigenvalue weighted by atomic mass is 32.1. The molecular weight excluding hydrogens is 431 g/mol. The van der Waals surface area contributed by atoms with Gasteiger partial charge >= 0.3 is 6.18 Å². The van der Waals surface area contributed by atoms with Crippen LogP contribution in [0.3, 0.4) is 0 Å². The Morgan fingerprint density at radius 3 is 2.90 bits per heavy atom. The second-order valence-corrected chi connectivity index (χ2v) is 8.30. The van der Waals surface area contributed by atoms with Gasteiger partial charge in [-0.25, -0.2) is 9.97 Å². The molecule has 1 amide bonds. The number of aromatic nitrogens is 4. The largest absolute Gasteiger partial charge is 0.411 e. The lowest BCUT2D eigenvalue weighted by Gasteiger charge is -2.36. The molecule has 1 atom stereocenters. The molecule has 11 heteroatoms. The number of hydrogen-bond donors (Lipinski definition) is 0. The van der Waals surface area contributed by atoms with Gasteiger partial charge in [0.15, 0.2) is 11.7 Å². The molecule has 0 aliphatic carbocycles. The lowest BCUT2D eigenvalue weighted by atomic mass is 10.1. The molecule has 5 rings (SSSR count). The molecule has 0 aromatic carbocycles. The number of halogens is 3. The molecule has 1 aliphatic heterocycles. The molecule has 0 N–H and O–H groups in total. The van der Waals surface area contributed by atoms with Gasteiger partial charge in [0.05, 0.1) is 23.8 Å². The van der Waals surface area contributed by atoms with Crippen molar-refractivity contribution in [2.75, 3.05) is 19.8 Å². The Morgan fingerprint density at radius 2 is 2.10 bits per heavy atom. The van der Waals surface area contributed by atoms with Crippen molar-refractivity contribution in [2.24, 2.45) is 7.05 Å². The minimum absolute atomic E-state index is 0.0788. The monoisotopic (exact) mass is 447 g/mol. The molecule has 4 aromatic rings. The number of pyridine rings is 2. The first-order valence-corrected chi connectivity index (χ1v) is 10.3. The van der Waals surface area contributed by atoms with Crippen LogP contribution in [0.4, 0.5) is 13.2 Å². The minimum Gasteiger partial charge on any atom is -0.377 e.